The first-order valence-electron chi connectivity index (χ1n) is 5.51. The third-order valence-corrected chi connectivity index (χ3v) is 3.13. The van der Waals surface area contributed by atoms with Crippen LogP contribution in [0.25, 0.3) is 0 Å². The van der Waals surface area contributed by atoms with E-state index < -0.39 is 17.6 Å². The minimum Gasteiger partial charge on any atom is -0.505 e. The Bertz CT molecular complexity index is 637. The maximum Gasteiger partial charge on any atom is 0.336 e. The van der Waals surface area contributed by atoms with Crippen LogP contribution in [-0.4, -0.2) is 11.1 Å². The van der Waals surface area contributed by atoms with E-state index in [1.54, 1.807) is 24.3 Å². The summed E-state index contributed by atoms with van der Waals surface area (Å²) >= 11 is 9.73. The van der Waals surface area contributed by atoms with Gasteiger partial charge in [0.05, 0.1) is 5.69 Å². The Morgan fingerprint density at radius 3 is 2.50 bits per heavy atom. The number of benzene rings is 2. The Morgan fingerprint density at radius 1 is 1.25 bits per heavy atom. The maximum absolute atomic E-state index is 13.2. The van der Waals surface area contributed by atoms with Crippen molar-refractivity contribution in [1.82, 2.24) is 0 Å². The van der Waals surface area contributed by atoms with Crippen LogP contribution in [0.2, 0.25) is 5.02 Å². The summed E-state index contributed by atoms with van der Waals surface area (Å²) in [6.07, 6.45) is 0. The first kappa shape index (κ1) is 14.5. The summed E-state index contributed by atoms with van der Waals surface area (Å²) in [7, 11) is 0. The number of nitrogens with zero attached hydrogens (tertiary/aromatic N) is 1. The molecule has 0 saturated carbocycles. The molecule has 2 aromatic carbocycles. The van der Waals surface area contributed by atoms with E-state index in [4.69, 9.17) is 16.7 Å². The number of urea groups is 1. The highest BCUT2D eigenvalue weighted by Gasteiger charge is 2.14. The lowest BCUT2D eigenvalue weighted by Crippen LogP contribution is -2.26. The van der Waals surface area contributed by atoms with Crippen LogP contribution in [0.3, 0.4) is 0 Å². The minimum absolute atomic E-state index is 0.190. The van der Waals surface area contributed by atoms with Gasteiger partial charge in [0.15, 0.2) is 11.6 Å². The van der Waals surface area contributed by atoms with Crippen LogP contribution in [0.5, 0.6) is 5.75 Å². The predicted octanol–water partition coefficient (Wildman–Crippen LogP) is 4.07. The number of halogens is 2. The lowest BCUT2D eigenvalue weighted by molar-refractivity contribution is 0.260. The standard InChI is InChI=1S/C13H10ClFN2O2S/c14-8-1-3-9(4-2-8)16-13(19)17(20)10-5-6-12(18)11(15)7-10/h1-7,18,20H,(H,16,19). The molecule has 2 aromatic rings. The molecule has 2 amide bonds. The number of thiol groups is 1. The number of hydrogen-bond donors (Lipinski definition) is 3. The van der Waals surface area contributed by atoms with Crippen molar-refractivity contribution < 1.29 is 14.3 Å². The van der Waals surface area contributed by atoms with Gasteiger partial charge in [-0.3, -0.25) is 0 Å². The Kier molecular flexibility index (Phi) is 4.36. The molecule has 0 bridgehead atoms. The van der Waals surface area contributed by atoms with E-state index in [0.29, 0.717) is 10.7 Å². The molecule has 0 unspecified atom stereocenters. The monoisotopic (exact) mass is 312 g/mol. The van der Waals surface area contributed by atoms with Gasteiger partial charge in [-0.25, -0.2) is 13.5 Å². The molecule has 0 aliphatic heterocycles. The maximum atomic E-state index is 13.2. The highest BCUT2D eigenvalue weighted by atomic mass is 35.5. The van der Waals surface area contributed by atoms with Gasteiger partial charge in [-0.2, -0.15) is 0 Å². The first-order valence-corrected chi connectivity index (χ1v) is 6.29. The lowest BCUT2D eigenvalue weighted by Gasteiger charge is -2.16. The smallest absolute Gasteiger partial charge is 0.336 e. The van der Waals surface area contributed by atoms with Gasteiger partial charge in [-0.1, -0.05) is 24.4 Å². The second-order valence-corrected chi connectivity index (χ2v) is 4.72. The average molecular weight is 313 g/mol. The molecule has 7 heteroatoms. The van der Waals surface area contributed by atoms with Crippen LogP contribution in [0, 0.1) is 5.82 Å². The molecule has 4 nitrogen and oxygen atoms in total. The summed E-state index contributed by atoms with van der Waals surface area (Å²) in [4.78, 5) is 11.9. The molecule has 20 heavy (non-hydrogen) atoms. The molecule has 104 valence electrons. The Balaban J connectivity index is 2.11. The highest BCUT2D eigenvalue weighted by molar-refractivity contribution is 7.82. The molecular formula is C13H10ClFN2O2S. The molecule has 0 radical (unpaired) electrons. The van der Waals surface area contributed by atoms with Crippen LogP contribution in [0.15, 0.2) is 42.5 Å². The van der Waals surface area contributed by atoms with Crippen molar-refractivity contribution in [2.75, 3.05) is 9.62 Å². The van der Waals surface area contributed by atoms with E-state index in [2.05, 4.69) is 18.1 Å². The number of amides is 2. The number of nitrogens with one attached hydrogen (secondary N) is 1. The fraction of sp³-hybridized carbons (Fsp3) is 0. The Morgan fingerprint density at radius 2 is 1.90 bits per heavy atom. The van der Waals surface area contributed by atoms with Crippen molar-refractivity contribution in [2.24, 2.45) is 0 Å². The molecule has 0 spiro atoms. The summed E-state index contributed by atoms with van der Waals surface area (Å²) in [6, 6.07) is 9.44. The van der Waals surface area contributed by atoms with Crippen molar-refractivity contribution in [2.45, 2.75) is 0 Å². The number of carbonyl (C=O) groups is 1. The van der Waals surface area contributed by atoms with Gasteiger partial charge in [0.1, 0.15) is 0 Å². The summed E-state index contributed by atoms with van der Waals surface area (Å²) in [5, 5.41) is 12.2. The summed E-state index contributed by atoms with van der Waals surface area (Å²) in [5.41, 5.74) is 0.716. The van der Waals surface area contributed by atoms with Crippen LogP contribution in [0.1, 0.15) is 0 Å². The Labute approximate surface area is 125 Å². The second kappa shape index (κ2) is 6.02. The van der Waals surface area contributed by atoms with E-state index in [-0.39, 0.29) is 5.69 Å². The third kappa shape index (κ3) is 3.34. The average Bonchev–Trinajstić information content (AvgIpc) is 2.43. The fourth-order valence-electron chi connectivity index (χ4n) is 1.45. The number of anilines is 2. The zero-order valence-corrected chi connectivity index (χ0v) is 11.7. The largest absolute Gasteiger partial charge is 0.505 e. The number of aromatic hydroxyl groups is 1. The van der Waals surface area contributed by atoms with E-state index in [1.807, 2.05) is 0 Å². The van der Waals surface area contributed by atoms with Gasteiger partial charge < -0.3 is 10.4 Å². The molecular weight excluding hydrogens is 303 g/mol. The first-order chi connectivity index (χ1) is 9.47. The summed E-state index contributed by atoms with van der Waals surface area (Å²) in [6.45, 7) is 0. The highest BCUT2D eigenvalue weighted by Crippen LogP contribution is 2.24. The summed E-state index contributed by atoms with van der Waals surface area (Å²) < 4.78 is 14.1. The number of rotatable bonds is 2. The van der Waals surface area contributed by atoms with Gasteiger partial charge in [-0.15, -0.1) is 0 Å². The molecule has 0 heterocycles. The lowest BCUT2D eigenvalue weighted by atomic mass is 10.3. The van der Waals surface area contributed by atoms with Gasteiger partial charge in [0.25, 0.3) is 0 Å². The van der Waals surface area contributed by atoms with E-state index in [1.165, 1.54) is 6.07 Å². The molecule has 2 rings (SSSR count). The Hall–Kier alpha value is -1.92. The number of carbonyl (C=O) groups excluding carboxylic acids is 1. The molecule has 0 aromatic heterocycles. The third-order valence-electron chi connectivity index (χ3n) is 2.46. The zero-order chi connectivity index (χ0) is 14.7. The van der Waals surface area contributed by atoms with Crippen molar-refractivity contribution in [3.8, 4) is 5.75 Å². The number of hydrogen-bond acceptors (Lipinski definition) is 3. The van der Waals surface area contributed by atoms with Crippen molar-refractivity contribution in [3.05, 3.63) is 53.3 Å². The number of phenols is 1. The van der Waals surface area contributed by atoms with Crippen LogP contribution in [-0.2, 0) is 0 Å². The van der Waals surface area contributed by atoms with Gasteiger partial charge >= 0.3 is 6.03 Å². The quantitative estimate of drug-likeness (QED) is 0.732. The number of phenolic OH excluding ortho intramolecular Hbond substituents is 1. The molecule has 2 N–H and O–H groups in total. The van der Waals surface area contributed by atoms with Crippen molar-refractivity contribution in [1.29, 1.82) is 0 Å². The SMILES string of the molecule is O=C(Nc1ccc(Cl)cc1)N(S)c1ccc(O)c(F)c1. The molecule has 0 aliphatic rings. The zero-order valence-electron chi connectivity index (χ0n) is 10.0. The van der Waals surface area contributed by atoms with Gasteiger partial charge in [-0.05, 0) is 36.4 Å². The second-order valence-electron chi connectivity index (χ2n) is 3.88. The van der Waals surface area contributed by atoms with Crippen molar-refractivity contribution >= 4 is 41.8 Å². The van der Waals surface area contributed by atoms with Crippen LogP contribution < -0.4 is 9.62 Å². The fourth-order valence-corrected chi connectivity index (χ4v) is 1.75. The van der Waals surface area contributed by atoms with Gasteiger partial charge in [0, 0.05) is 16.8 Å². The summed E-state index contributed by atoms with van der Waals surface area (Å²) in [5.74, 6) is -1.32. The van der Waals surface area contributed by atoms with Gasteiger partial charge in [0.2, 0.25) is 0 Å². The van der Waals surface area contributed by atoms with E-state index in [9.17, 15) is 9.18 Å². The molecule has 0 saturated heterocycles. The van der Waals surface area contributed by atoms with Crippen LogP contribution in [0.4, 0.5) is 20.6 Å². The van der Waals surface area contributed by atoms with Crippen molar-refractivity contribution in [3.63, 3.8) is 0 Å². The van der Waals surface area contributed by atoms with Crippen LogP contribution >= 0.6 is 24.4 Å². The molecule has 0 aliphatic carbocycles. The normalized spacial score (nSPS) is 10.2. The van der Waals surface area contributed by atoms with E-state index >= 15 is 0 Å². The minimum atomic E-state index is -0.833. The van der Waals surface area contributed by atoms with E-state index in [0.717, 1.165) is 16.4 Å². The topological polar surface area (TPSA) is 52.6 Å². The molecule has 0 atom stereocenters. The molecule has 0 fully saturated rings. The predicted molar refractivity (Wildman–Crippen MR) is 80.0 cm³/mol.